The van der Waals surface area contributed by atoms with E-state index in [1.54, 1.807) is 36.5 Å². The predicted octanol–water partition coefficient (Wildman–Crippen LogP) is 3.80. The van der Waals surface area contributed by atoms with Crippen molar-refractivity contribution >= 4 is 23.1 Å². The number of hydrogen-bond donors (Lipinski definition) is 2. The van der Waals surface area contributed by atoms with Crippen LogP contribution in [0.3, 0.4) is 0 Å². The molecule has 0 saturated heterocycles. The Balaban J connectivity index is 1.56. The van der Waals surface area contributed by atoms with Gasteiger partial charge in [0.2, 0.25) is 5.88 Å². The molecule has 8 heteroatoms. The van der Waals surface area contributed by atoms with E-state index in [4.69, 9.17) is 10.5 Å². The Labute approximate surface area is 159 Å². The van der Waals surface area contributed by atoms with Crippen LogP contribution in [0.25, 0.3) is 5.65 Å². The largest absolute Gasteiger partial charge is 0.438 e. The van der Waals surface area contributed by atoms with Gasteiger partial charge in [0, 0.05) is 23.4 Å². The Morgan fingerprint density at radius 3 is 2.86 bits per heavy atom. The summed E-state index contributed by atoms with van der Waals surface area (Å²) < 4.78 is 20.6. The van der Waals surface area contributed by atoms with Crippen LogP contribution in [0.2, 0.25) is 0 Å². The fraction of sp³-hybridized carbons (Fsp3) is 0.0500. The summed E-state index contributed by atoms with van der Waals surface area (Å²) >= 11 is 0. The number of imidazole rings is 1. The molecule has 140 valence electrons. The first kappa shape index (κ1) is 17.5. The van der Waals surface area contributed by atoms with Gasteiger partial charge in [0.05, 0.1) is 6.20 Å². The fourth-order valence-electron chi connectivity index (χ4n) is 2.68. The second-order valence-electron chi connectivity index (χ2n) is 6.18. The summed E-state index contributed by atoms with van der Waals surface area (Å²) in [6.07, 6.45) is 1.59. The van der Waals surface area contributed by atoms with Gasteiger partial charge in [0.15, 0.2) is 5.65 Å². The van der Waals surface area contributed by atoms with E-state index < -0.39 is 11.7 Å². The Kier molecular flexibility index (Phi) is 4.36. The van der Waals surface area contributed by atoms with E-state index in [1.807, 2.05) is 13.0 Å². The number of halogens is 1. The number of nitrogen functional groups attached to an aromatic ring is 1. The van der Waals surface area contributed by atoms with Gasteiger partial charge >= 0.3 is 0 Å². The van der Waals surface area contributed by atoms with Crippen LogP contribution < -0.4 is 15.8 Å². The number of ether oxygens (including phenoxy) is 1. The van der Waals surface area contributed by atoms with Crippen LogP contribution in [0.15, 0.2) is 60.8 Å². The van der Waals surface area contributed by atoms with Crippen molar-refractivity contribution in [2.45, 2.75) is 6.92 Å². The SMILES string of the molecule is Cc1ccc(Oc2ccc3nc(N)cn3n2)cc1NC(=O)c1cccc(F)c1. The van der Waals surface area contributed by atoms with Crippen LogP contribution in [-0.2, 0) is 0 Å². The van der Waals surface area contributed by atoms with Crippen LogP contribution >= 0.6 is 0 Å². The Hall–Kier alpha value is -3.94. The summed E-state index contributed by atoms with van der Waals surface area (Å²) in [5, 5.41) is 7.06. The van der Waals surface area contributed by atoms with Crippen LogP contribution in [0.5, 0.6) is 11.6 Å². The van der Waals surface area contributed by atoms with Gasteiger partial charge in [-0.05, 0) is 42.8 Å². The smallest absolute Gasteiger partial charge is 0.255 e. The highest BCUT2D eigenvalue weighted by Gasteiger charge is 2.11. The normalized spacial score (nSPS) is 10.8. The Morgan fingerprint density at radius 2 is 2.04 bits per heavy atom. The van der Waals surface area contributed by atoms with E-state index in [1.165, 1.54) is 22.7 Å². The molecule has 2 aromatic heterocycles. The molecular formula is C20H16FN5O2. The van der Waals surface area contributed by atoms with Gasteiger partial charge in [-0.25, -0.2) is 13.9 Å². The highest BCUT2D eigenvalue weighted by atomic mass is 19.1. The van der Waals surface area contributed by atoms with Crippen molar-refractivity contribution in [3.05, 3.63) is 77.7 Å². The monoisotopic (exact) mass is 377 g/mol. The number of benzene rings is 2. The van der Waals surface area contributed by atoms with Gasteiger partial charge in [-0.1, -0.05) is 12.1 Å². The third kappa shape index (κ3) is 3.61. The number of rotatable bonds is 4. The van der Waals surface area contributed by atoms with E-state index in [2.05, 4.69) is 15.4 Å². The number of aromatic nitrogens is 3. The van der Waals surface area contributed by atoms with Gasteiger partial charge in [0.25, 0.3) is 5.91 Å². The quantitative estimate of drug-likeness (QED) is 0.564. The minimum Gasteiger partial charge on any atom is -0.438 e. The van der Waals surface area contributed by atoms with Crippen molar-refractivity contribution < 1.29 is 13.9 Å². The van der Waals surface area contributed by atoms with Crippen LogP contribution in [0.1, 0.15) is 15.9 Å². The molecule has 3 N–H and O–H groups in total. The molecule has 0 atom stereocenters. The van der Waals surface area contributed by atoms with Crippen molar-refractivity contribution in [3.63, 3.8) is 0 Å². The Morgan fingerprint density at radius 1 is 1.18 bits per heavy atom. The van der Waals surface area contributed by atoms with E-state index in [-0.39, 0.29) is 5.56 Å². The molecule has 4 aromatic rings. The fourth-order valence-corrected chi connectivity index (χ4v) is 2.68. The van der Waals surface area contributed by atoms with Gasteiger partial charge < -0.3 is 15.8 Å². The van der Waals surface area contributed by atoms with Crippen molar-refractivity contribution in [1.29, 1.82) is 0 Å². The highest BCUT2D eigenvalue weighted by Crippen LogP contribution is 2.26. The number of anilines is 2. The molecule has 4 rings (SSSR count). The minimum absolute atomic E-state index is 0.232. The second kappa shape index (κ2) is 6.99. The number of fused-ring (bicyclic) bond motifs is 1. The zero-order valence-corrected chi connectivity index (χ0v) is 14.9. The standard InChI is InChI=1S/C20H16FN5O2/c1-12-5-6-15(28-19-8-7-18-24-17(22)11-26(18)25-19)10-16(12)23-20(27)13-3-2-4-14(21)9-13/h2-11H,22H2,1H3,(H,23,27). The molecule has 0 aliphatic heterocycles. The van der Waals surface area contributed by atoms with Gasteiger partial charge in [-0.15, -0.1) is 5.10 Å². The maximum atomic E-state index is 13.3. The Bertz CT molecular complexity index is 1190. The third-order valence-electron chi connectivity index (χ3n) is 4.08. The maximum absolute atomic E-state index is 13.3. The zero-order chi connectivity index (χ0) is 19.7. The summed E-state index contributed by atoms with van der Waals surface area (Å²) in [4.78, 5) is 16.5. The van der Waals surface area contributed by atoms with E-state index >= 15 is 0 Å². The molecule has 0 radical (unpaired) electrons. The predicted molar refractivity (Wildman–Crippen MR) is 103 cm³/mol. The van der Waals surface area contributed by atoms with E-state index in [0.29, 0.717) is 28.8 Å². The maximum Gasteiger partial charge on any atom is 0.255 e. The summed E-state index contributed by atoms with van der Waals surface area (Å²) in [7, 11) is 0. The lowest BCUT2D eigenvalue weighted by molar-refractivity contribution is 0.102. The number of nitrogens with zero attached hydrogens (tertiary/aromatic N) is 3. The summed E-state index contributed by atoms with van der Waals surface area (Å²) in [5.74, 6) is 0.315. The lowest BCUT2D eigenvalue weighted by atomic mass is 10.1. The summed E-state index contributed by atoms with van der Waals surface area (Å²) in [6, 6.07) is 14.2. The second-order valence-corrected chi connectivity index (χ2v) is 6.18. The number of aryl methyl sites for hydroxylation is 1. The van der Waals surface area contributed by atoms with Gasteiger partial charge in [-0.3, -0.25) is 4.79 Å². The average Bonchev–Trinajstić information content (AvgIpc) is 3.03. The first-order valence-electron chi connectivity index (χ1n) is 8.45. The molecule has 0 spiro atoms. The number of amides is 1. The topological polar surface area (TPSA) is 94.5 Å². The molecule has 0 saturated carbocycles. The molecule has 0 aliphatic carbocycles. The molecule has 2 heterocycles. The molecule has 7 nitrogen and oxygen atoms in total. The molecule has 0 fully saturated rings. The average molecular weight is 377 g/mol. The van der Waals surface area contributed by atoms with Crippen molar-refractivity contribution in [3.8, 4) is 11.6 Å². The minimum atomic E-state index is -0.469. The lowest BCUT2D eigenvalue weighted by Gasteiger charge is -2.11. The number of hydrogen-bond acceptors (Lipinski definition) is 5. The molecule has 1 amide bonds. The zero-order valence-electron chi connectivity index (χ0n) is 14.9. The summed E-state index contributed by atoms with van der Waals surface area (Å²) in [5.41, 5.74) is 7.89. The van der Waals surface area contributed by atoms with Crippen LogP contribution in [-0.4, -0.2) is 20.5 Å². The van der Waals surface area contributed by atoms with Gasteiger partial charge in [0.1, 0.15) is 17.4 Å². The molecular weight excluding hydrogens is 361 g/mol. The van der Waals surface area contributed by atoms with Crippen LogP contribution in [0.4, 0.5) is 15.9 Å². The molecule has 2 aromatic carbocycles. The van der Waals surface area contributed by atoms with Gasteiger partial charge in [-0.2, -0.15) is 0 Å². The lowest BCUT2D eigenvalue weighted by Crippen LogP contribution is -2.13. The summed E-state index contributed by atoms with van der Waals surface area (Å²) in [6.45, 7) is 1.85. The van der Waals surface area contributed by atoms with E-state index in [0.717, 1.165) is 5.56 Å². The van der Waals surface area contributed by atoms with E-state index in [9.17, 15) is 9.18 Å². The molecule has 28 heavy (non-hydrogen) atoms. The van der Waals surface area contributed by atoms with Crippen molar-refractivity contribution in [1.82, 2.24) is 14.6 Å². The highest BCUT2D eigenvalue weighted by molar-refractivity contribution is 6.04. The molecule has 0 aliphatic rings. The van der Waals surface area contributed by atoms with Crippen LogP contribution in [0, 0.1) is 12.7 Å². The van der Waals surface area contributed by atoms with Crippen molar-refractivity contribution in [2.24, 2.45) is 0 Å². The number of nitrogens with two attached hydrogens (primary N) is 1. The number of nitrogens with one attached hydrogen (secondary N) is 1. The number of carbonyl (C=O) groups excluding carboxylic acids is 1. The first-order chi connectivity index (χ1) is 13.5. The molecule has 0 unspecified atom stereocenters. The molecule has 0 bridgehead atoms. The first-order valence-corrected chi connectivity index (χ1v) is 8.45. The number of carbonyl (C=O) groups is 1. The van der Waals surface area contributed by atoms with Crippen molar-refractivity contribution in [2.75, 3.05) is 11.1 Å². The third-order valence-corrected chi connectivity index (χ3v) is 4.08.